The molecule has 1 N–H and O–H groups in total. The van der Waals surface area contributed by atoms with Gasteiger partial charge in [0.05, 0.1) is 10.6 Å². The Bertz CT molecular complexity index is 393. The molecule has 0 radical (unpaired) electrons. The van der Waals surface area contributed by atoms with E-state index in [1.165, 1.54) is 6.42 Å². The molecule has 2 atom stereocenters. The molecule has 0 saturated carbocycles. The molecule has 1 aromatic carbocycles. The number of benzene rings is 1. The molecule has 1 aromatic rings. The van der Waals surface area contributed by atoms with E-state index in [2.05, 4.69) is 21.2 Å². The third-order valence-electron chi connectivity index (χ3n) is 3.48. The Morgan fingerprint density at radius 2 is 2.33 bits per heavy atom. The van der Waals surface area contributed by atoms with E-state index < -0.39 is 0 Å². The Balaban J connectivity index is 2.09. The molecule has 2 rings (SSSR count). The van der Waals surface area contributed by atoms with Gasteiger partial charge in [-0.05, 0) is 54.7 Å². The van der Waals surface area contributed by atoms with E-state index in [0.29, 0.717) is 10.0 Å². The molecule has 1 aliphatic rings. The van der Waals surface area contributed by atoms with Gasteiger partial charge in [-0.25, -0.2) is 4.39 Å². The van der Waals surface area contributed by atoms with Crippen LogP contribution in [0.2, 0.25) is 0 Å². The van der Waals surface area contributed by atoms with Gasteiger partial charge in [-0.2, -0.15) is 0 Å². The summed E-state index contributed by atoms with van der Waals surface area (Å²) in [6, 6.07) is 5.44. The van der Waals surface area contributed by atoms with Gasteiger partial charge in [0.15, 0.2) is 0 Å². The maximum Gasteiger partial charge on any atom is 0.142 e. The van der Waals surface area contributed by atoms with Gasteiger partial charge in [0, 0.05) is 18.2 Å². The van der Waals surface area contributed by atoms with Crippen molar-refractivity contribution in [2.24, 2.45) is 0 Å². The molecular weight excluding hydrogens is 297 g/mol. The normalized spacial score (nSPS) is 21.8. The molecule has 1 saturated heterocycles. The van der Waals surface area contributed by atoms with E-state index in [1.807, 2.05) is 19.2 Å². The first kappa shape index (κ1) is 14.0. The van der Waals surface area contributed by atoms with Crippen LogP contribution in [-0.2, 0) is 4.74 Å². The average Bonchev–Trinajstić information content (AvgIpc) is 2.41. The van der Waals surface area contributed by atoms with Crippen molar-refractivity contribution in [3.05, 3.63) is 34.1 Å². The number of nitrogens with one attached hydrogen (secondary N) is 1. The molecule has 0 aliphatic carbocycles. The first-order valence-corrected chi connectivity index (χ1v) is 7.24. The van der Waals surface area contributed by atoms with Crippen molar-refractivity contribution in [1.29, 1.82) is 0 Å². The van der Waals surface area contributed by atoms with Crippen LogP contribution < -0.4 is 5.32 Å². The molecule has 0 spiro atoms. The maximum absolute atomic E-state index is 14.1. The minimum Gasteiger partial charge on any atom is -0.378 e. The molecule has 100 valence electrons. The minimum atomic E-state index is -0.173. The van der Waals surface area contributed by atoms with E-state index in [0.717, 1.165) is 25.9 Å². The highest BCUT2D eigenvalue weighted by atomic mass is 79.9. The zero-order chi connectivity index (χ0) is 13.0. The van der Waals surface area contributed by atoms with Crippen molar-refractivity contribution in [2.75, 3.05) is 13.7 Å². The lowest BCUT2D eigenvalue weighted by Crippen LogP contribution is -2.27. The predicted molar refractivity (Wildman–Crippen MR) is 74.1 cm³/mol. The van der Waals surface area contributed by atoms with E-state index in [9.17, 15) is 4.39 Å². The van der Waals surface area contributed by atoms with Gasteiger partial charge in [-0.1, -0.05) is 12.1 Å². The van der Waals surface area contributed by atoms with Gasteiger partial charge in [0.25, 0.3) is 0 Å². The molecule has 1 fully saturated rings. The second kappa shape index (κ2) is 6.64. The van der Waals surface area contributed by atoms with Crippen molar-refractivity contribution in [1.82, 2.24) is 5.32 Å². The van der Waals surface area contributed by atoms with Crippen LogP contribution in [0.4, 0.5) is 4.39 Å². The molecule has 0 aromatic heterocycles. The van der Waals surface area contributed by atoms with Gasteiger partial charge >= 0.3 is 0 Å². The predicted octanol–water partition coefficient (Wildman–Crippen LogP) is 3.81. The fraction of sp³-hybridized carbons (Fsp3) is 0.571. The summed E-state index contributed by atoms with van der Waals surface area (Å²) < 4.78 is 20.3. The number of hydrogen-bond donors (Lipinski definition) is 1. The molecule has 1 heterocycles. The van der Waals surface area contributed by atoms with E-state index in [4.69, 9.17) is 4.74 Å². The van der Waals surface area contributed by atoms with E-state index in [1.54, 1.807) is 6.07 Å². The van der Waals surface area contributed by atoms with Crippen molar-refractivity contribution >= 4 is 15.9 Å². The summed E-state index contributed by atoms with van der Waals surface area (Å²) in [5, 5.41) is 3.19. The molecular formula is C14H19BrFNO. The Hall–Kier alpha value is -0.450. The first-order valence-electron chi connectivity index (χ1n) is 6.45. The molecule has 0 amide bonds. The van der Waals surface area contributed by atoms with Crippen LogP contribution >= 0.6 is 15.9 Å². The Morgan fingerprint density at radius 3 is 3.00 bits per heavy atom. The molecule has 1 aliphatic heterocycles. The number of rotatable bonds is 4. The lowest BCUT2D eigenvalue weighted by atomic mass is 9.96. The monoisotopic (exact) mass is 315 g/mol. The van der Waals surface area contributed by atoms with Gasteiger partial charge in [0.1, 0.15) is 5.82 Å². The topological polar surface area (TPSA) is 21.3 Å². The van der Waals surface area contributed by atoms with Gasteiger partial charge in [-0.3, -0.25) is 0 Å². The maximum atomic E-state index is 14.1. The third kappa shape index (κ3) is 3.31. The highest BCUT2D eigenvalue weighted by molar-refractivity contribution is 9.10. The first-order chi connectivity index (χ1) is 8.72. The van der Waals surface area contributed by atoms with Crippen LogP contribution in [0.25, 0.3) is 0 Å². The fourth-order valence-corrected chi connectivity index (χ4v) is 2.83. The Labute approximate surface area is 116 Å². The second-order valence-electron chi connectivity index (χ2n) is 4.71. The van der Waals surface area contributed by atoms with Crippen LogP contribution in [0.15, 0.2) is 22.7 Å². The van der Waals surface area contributed by atoms with Gasteiger partial charge in [0.2, 0.25) is 0 Å². The Morgan fingerprint density at radius 1 is 1.50 bits per heavy atom. The zero-order valence-corrected chi connectivity index (χ0v) is 12.2. The van der Waals surface area contributed by atoms with Crippen LogP contribution in [0.1, 0.15) is 37.3 Å². The average molecular weight is 316 g/mol. The SMILES string of the molecule is CNC(CC1CCCCO1)c1cccc(Br)c1F. The third-order valence-corrected chi connectivity index (χ3v) is 4.09. The summed E-state index contributed by atoms with van der Waals surface area (Å²) in [4.78, 5) is 0. The van der Waals surface area contributed by atoms with Crippen molar-refractivity contribution in [2.45, 2.75) is 37.8 Å². The zero-order valence-electron chi connectivity index (χ0n) is 10.6. The summed E-state index contributed by atoms with van der Waals surface area (Å²) in [6.45, 7) is 0.835. The summed E-state index contributed by atoms with van der Waals surface area (Å²) in [7, 11) is 1.87. The van der Waals surface area contributed by atoms with Crippen LogP contribution in [-0.4, -0.2) is 19.8 Å². The Kier molecular flexibility index (Phi) is 5.15. The molecule has 4 heteroatoms. The molecule has 0 bridgehead atoms. The van der Waals surface area contributed by atoms with E-state index >= 15 is 0 Å². The summed E-state index contributed by atoms with van der Waals surface area (Å²) in [5.74, 6) is -0.173. The fourth-order valence-electron chi connectivity index (χ4n) is 2.45. The molecule has 2 unspecified atom stereocenters. The lowest BCUT2D eigenvalue weighted by Gasteiger charge is -2.27. The largest absolute Gasteiger partial charge is 0.378 e. The van der Waals surface area contributed by atoms with Crippen molar-refractivity contribution < 1.29 is 9.13 Å². The highest BCUT2D eigenvalue weighted by Crippen LogP contribution is 2.29. The standard InChI is InChI=1S/C14H19BrFNO/c1-17-13(9-10-5-2-3-8-18-10)11-6-4-7-12(15)14(11)16/h4,6-7,10,13,17H,2-3,5,8-9H2,1H3. The number of ether oxygens (including phenoxy) is 1. The lowest BCUT2D eigenvalue weighted by molar-refractivity contribution is 0.00529. The summed E-state index contributed by atoms with van der Waals surface area (Å²) in [6.07, 6.45) is 4.50. The van der Waals surface area contributed by atoms with Crippen molar-refractivity contribution in [3.8, 4) is 0 Å². The summed E-state index contributed by atoms with van der Waals surface area (Å²) in [5.41, 5.74) is 0.709. The summed E-state index contributed by atoms with van der Waals surface area (Å²) >= 11 is 3.23. The second-order valence-corrected chi connectivity index (χ2v) is 5.56. The number of hydrogen-bond acceptors (Lipinski definition) is 2. The van der Waals surface area contributed by atoms with Crippen LogP contribution in [0.5, 0.6) is 0 Å². The smallest absolute Gasteiger partial charge is 0.142 e. The van der Waals surface area contributed by atoms with Gasteiger partial charge < -0.3 is 10.1 Å². The van der Waals surface area contributed by atoms with Crippen LogP contribution in [0, 0.1) is 5.82 Å². The molecule has 2 nitrogen and oxygen atoms in total. The quantitative estimate of drug-likeness (QED) is 0.912. The van der Waals surface area contributed by atoms with E-state index in [-0.39, 0.29) is 18.0 Å². The van der Waals surface area contributed by atoms with Crippen molar-refractivity contribution in [3.63, 3.8) is 0 Å². The minimum absolute atomic E-state index is 0.00519. The van der Waals surface area contributed by atoms with Gasteiger partial charge in [-0.15, -0.1) is 0 Å². The van der Waals surface area contributed by atoms with Crippen LogP contribution in [0.3, 0.4) is 0 Å². The molecule has 18 heavy (non-hydrogen) atoms. The number of halogens is 2. The highest BCUT2D eigenvalue weighted by Gasteiger charge is 2.22.